The van der Waals surface area contributed by atoms with E-state index in [2.05, 4.69) is 0 Å². The molecule has 1 unspecified atom stereocenters. The van der Waals surface area contributed by atoms with Crippen LogP contribution in [0.15, 0.2) is 66.7 Å². The maximum Gasteiger partial charge on any atom is 0.264 e. The molecule has 1 atom stereocenters. The van der Waals surface area contributed by atoms with E-state index in [0.717, 1.165) is 11.1 Å². The monoisotopic (exact) mass is 435 g/mol. The molecule has 3 aromatic rings. The molecule has 1 aliphatic rings. The number of hydrogen-bond acceptors (Lipinski definition) is 4. The number of nitrogens with zero attached hydrogens (tertiary/aromatic N) is 1. The molecule has 1 N–H and O–H groups in total. The van der Waals surface area contributed by atoms with E-state index in [4.69, 9.17) is 16.3 Å². The summed E-state index contributed by atoms with van der Waals surface area (Å²) in [6, 6.07) is 19.3. The molecule has 0 aliphatic carbocycles. The van der Waals surface area contributed by atoms with Gasteiger partial charge in [-0.1, -0.05) is 48.0 Å². The number of methoxy groups -OCH3 is 1. The number of amides is 1. The number of carbonyl (C=O) groups is 2. The summed E-state index contributed by atoms with van der Waals surface area (Å²) in [6.07, 6.45) is -0.392. The van der Waals surface area contributed by atoms with E-state index in [9.17, 15) is 14.7 Å². The van der Waals surface area contributed by atoms with Crippen LogP contribution in [-0.2, 0) is 16.9 Å². The third kappa shape index (κ3) is 3.82. The molecule has 6 heteroatoms. The van der Waals surface area contributed by atoms with Gasteiger partial charge >= 0.3 is 0 Å². The third-order valence-corrected chi connectivity index (χ3v) is 5.93. The van der Waals surface area contributed by atoms with Crippen molar-refractivity contribution in [3.05, 3.63) is 94.0 Å². The number of Topliss-reactive ketones (excluding diaryl/α,β-unsaturated/α-hetero) is 1. The Hall–Kier alpha value is -3.15. The second-order valence-corrected chi connectivity index (χ2v) is 8.11. The standard InChI is InChI=1S/C25H22ClNO4/c1-16-6-3-4-7-18(16)15-27-22-11-10-19(26)13-21(22)25(30,24(27)29)14-23(28)17-8-5-9-20(12-17)31-2/h3-13,30H,14-15H2,1-2H3. The molecule has 4 rings (SSSR count). The summed E-state index contributed by atoms with van der Waals surface area (Å²) in [4.78, 5) is 28.0. The van der Waals surface area contributed by atoms with Crippen LogP contribution in [0.3, 0.4) is 0 Å². The van der Waals surface area contributed by atoms with Gasteiger partial charge in [-0.15, -0.1) is 0 Å². The minimum Gasteiger partial charge on any atom is -0.497 e. The highest BCUT2D eigenvalue weighted by molar-refractivity contribution is 6.31. The Kier molecular flexibility index (Phi) is 5.56. The minimum absolute atomic E-state index is 0.287. The average molecular weight is 436 g/mol. The number of aliphatic hydroxyl groups is 1. The first-order chi connectivity index (χ1) is 14.8. The third-order valence-electron chi connectivity index (χ3n) is 5.69. The van der Waals surface area contributed by atoms with E-state index >= 15 is 0 Å². The maximum absolute atomic E-state index is 13.5. The minimum atomic E-state index is -2.00. The quantitative estimate of drug-likeness (QED) is 0.571. The van der Waals surface area contributed by atoms with Crippen LogP contribution in [0.4, 0.5) is 5.69 Å². The van der Waals surface area contributed by atoms with Gasteiger partial charge in [-0.25, -0.2) is 0 Å². The largest absolute Gasteiger partial charge is 0.497 e. The molecule has 0 fully saturated rings. The number of aryl methyl sites for hydroxylation is 1. The molecular formula is C25H22ClNO4. The molecule has 1 amide bonds. The molecule has 5 nitrogen and oxygen atoms in total. The zero-order valence-corrected chi connectivity index (χ0v) is 18.0. The molecule has 0 radical (unpaired) electrons. The van der Waals surface area contributed by atoms with Crippen LogP contribution in [0.1, 0.15) is 33.5 Å². The normalized spacial score (nSPS) is 17.5. The van der Waals surface area contributed by atoms with Gasteiger partial charge in [0, 0.05) is 16.1 Å². The lowest BCUT2D eigenvalue weighted by Gasteiger charge is -2.23. The van der Waals surface area contributed by atoms with Crippen molar-refractivity contribution in [2.24, 2.45) is 0 Å². The Morgan fingerprint density at radius 1 is 1.10 bits per heavy atom. The van der Waals surface area contributed by atoms with Crippen molar-refractivity contribution in [1.29, 1.82) is 0 Å². The first kappa shape index (κ1) is 21.1. The number of rotatable bonds is 6. The zero-order chi connectivity index (χ0) is 22.2. The van der Waals surface area contributed by atoms with Crippen LogP contribution in [0, 0.1) is 6.92 Å². The van der Waals surface area contributed by atoms with Gasteiger partial charge in [0.2, 0.25) is 0 Å². The van der Waals surface area contributed by atoms with Gasteiger partial charge in [-0.2, -0.15) is 0 Å². The highest BCUT2D eigenvalue weighted by Crippen LogP contribution is 2.45. The fraction of sp³-hybridized carbons (Fsp3) is 0.200. The smallest absolute Gasteiger partial charge is 0.264 e. The van der Waals surface area contributed by atoms with Crippen LogP contribution in [-0.4, -0.2) is 23.9 Å². The Balaban J connectivity index is 1.72. The molecule has 31 heavy (non-hydrogen) atoms. The number of ether oxygens (including phenoxy) is 1. The number of fused-ring (bicyclic) bond motifs is 1. The van der Waals surface area contributed by atoms with Gasteiger partial charge in [0.25, 0.3) is 5.91 Å². The summed E-state index contributed by atoms with van der Waals surface area (Å²) in [5.74, 6) is -0.372. The van der Waals surface area contributed by atoms with Gasteiger partial charge in [-0.05, 0) is 48.4 Å². The number of carbonyl (C=O) groups excluding carboxylic acids is 2. The summed E-state index contributed by atoms with van der Waals surface area (Å²) < 4.78 is 5.18. The van der Waals surface area contributed by atoms with Crippen molar-refractivity contribution in [3.8, 4) is 5.75 Å². The van der Waals surface area contributed by atoms with E-state index < -0.39 is 17.9 Å². The molecule has 0 spiro atoms. The average Bonchev–Trinajstić information content (AvgIpc) is 2.96. The molecule has 1 aliphatic heterocycles. The van der Waals surface area contributed by atoms with E-state index in [1.165, 1.54) is 12.0 Å². The van der Waals surface area contributed by atoms with Gasteiger partial charge in [0.1, 0.15) is 5.75 Å². The molecule has 158 valence electrons. The summed E-state index contributed by atoms with van der Waals surface area (Å²) in [6.45, 7) is 2.26. The Morgan fingerprint density at radius 3 is 2.61 bits per heavy atom. The zero-order valence-electron chi connectivity index (χ0n) is 17.3. The van der Waals surface area contributed by atoms with Crippen molar-refractivity contribution >= 4 is 29.0 Å². The SMILES string of the molecule is COc1cccc(C(=O)CC2(O)C(=O)N(Cc3ccccc3C)c3ccc(Cl)cc32)c1. The summed E-state index contributed by atoms with van der Waals surface area (Å²) in [5.41, 5.74) is 1.26. The molecule has 0 saturated carbocycles. The van der Waals surface area contributed by atoms with Gasteiger partial charge in [0.05, 0.1) is 25.8 Å². The highest BCUT2D eigenvalue weighted by Gasteiger charge is 2.51. The van der Waals surface area contributed by atoms with Crippen molar-refractivity contribution in [1.82, 2.24) is 0 Å². The van der Waals surface area contributed by atoms with Crippen LogP contribution >= 0.6 is 11.6 Å². The molecule has 3 aromatic carbocycles. The first-order valence-electron chi connectivity index (χ1n) is 9.89. The van der Waals surface area contributed by atoms with Crippen molar-refractivity contribution in [3.63, 3.8) is 0 Å². The van der Waals surface area contributed by atoms with E-state index in [-0.39, 0.29) is 12.3 Å². The van der Waals surface area contributed by atoms with Crippen LogP contribution < -0.4 is 9.64 Å². The second-order valence-electron chi connectivity index (χ2n) is 7.67. The predicted molar refractivity (Wildman–Crippen MR) is 120 cm³/mol. The predicted octanol–water partition coefficient (Wildman–Crippen LogP) is 4.66. The number of ketones is 1. The Labute approximate surface area is 185 Å². The molecule has 1 heterocycles. The molecule has 0 saturated heterocycles. The van der Waals surface area contributed by atoms with Crippen LogP contribution in [0.5, 0.6) is 5.75 Å². The topological polar surface area (TPSA) is 66.8 Å². The molecule has 0 aromatic heterocycles. The lowest BCUT2D eigenvalue weighted by atomic mass is 9.88. The van der Waals surface area contributed by atoms with Gasteiger partial charge in [0.15, 0.2) is 11.4 Å². The number of halogens is 1. The molecular weight excluding hydrogens is 414 g/mol. The summed E-state index contributed by atoms with van der Waals surface area (Å²) >= 11 is 6.18. The number of benzene rings is 3. The number of hydrogen-bond donors (Lipinski definition) is 1. The summed E-state index contributed by atoms with van der Waals surface area (Å²) in [7, 11) is 1.51. The van der Waals surface area contributed by atoms with E-state index in [1.807, 2.05) is 31.2 Å². The Morgan fingerprint density at radius 2 is 1.87 bits per heavy atom. The Bertz CT molecular complexity index is 1180. The van der Waals surface area contributed by atoms with Crippen molar-refractivity contribution in [2.75, 3.05) is 12.0 Å². The fourth-order valence-corrected chi connectivity index (χ4v) is 4.11. The second kappa shape index (κ2) is 8.17. The van der Waals surface area contributed by atoms with E-state index in [0.29, 0.717) is 27.6 Å². The summed E-state index contributed by atoms with van der Waals surface area (Å²) in [5, 5.41) is 11.9. The van der Waals surface area contributed by atoms with Gasteiger partial charge in [-0.3, -0.25) is 9.59 Å². The molecule has 0 bridgehead atoms. The lowest BCUT2D eigenvalue weighted by molar-refractivity contribution is -0.136. The highest BCUT2D eigenvalue weighted by atomic mass is 35.5. The fourth-order valence-electron chi connectivity index (χ4n) is 3.94. The van der Waals surface area contributed by atoms with Crippen LogP contribution in [0.2, 0.25) is 5.02 Å². The van der Waals surface area contributed by atoms with Crippen LogP contribution in [0.25, 0.3) is 0 Å². The van der Waals surface area contributed by atoms with Gasteiger partial charge < -0.3 is 14.7 Å². The van der Waals surface area contributed by atoms with Crippen molar-refractivity contribution in [2.45, 2.75) is 25.5 Å². The van der Waals surface area contributed by atoms with E-state index in [1.54, 1.807) is 42.5 Å². The van der Waals surface area contributed by atoms with Crippen molar-refractivity contribution < 1.29 is 19.4 Å². The number of anilines is 1. The lowest BCUT2D eigenvalue weighted by Crippen LogP contribution is -2.41. The maximum atomic E-state index is 13.5. The first-order valence-corrected chi connectivity index (χ1v) is 10.3.